The largest absolute Gasteiger partial charge is 0.375 e. The Morgan fingerprint density at radius 3 is 2.18 bits per heavy atom. The zero-order chi connectivity index (χ0) is 24.2. The van der Waals surface area contributed by atoms with Gasteiger partial charge in [-0.2, -0.15) is 0 Å². The van der Waals surface area contributed by atoms with Crippen LogP contribution in [0.25, 0.3) is 0 Å². The average Bonchev–Trinajstić information content (AvgIpc) is 3.03. The molecule has 0 fully saturated rings. The standard InChI is InChI=1S/C25H18Cl3N3O3/c26-18-9-11-19(12-10-18)30-23(32)16-7-5-15(6-8-16)13-29-22-21(28)24(33)31(25(22)34)14-17-3-1-2-4-20(17)27/h1-12,29H,13-14H2,(H,30,32). The summed E-state index contributed by atoms with van der Waals surface area (Å²) in [5, 5.41) is 6.60. The number of anilines is 1. The Hall–Kier alpha value is -3.32. The van der Waals surface area contributed by atoms with Crippen LogP contribution in [0, 0.1) is 0 Å². The molecule has 3 aromatic rings. The number of carbonyl (C=O) groups excluding carboxylic acids is 3. The summed E-state index contributed by atoms with van der Waals surface area (Å²) in [7, 11) is 0. The van der Waals surface area contributed by atoms with Gasteiger partial charge in [0.05, 0.1) is 6.54 Å². The van der Waals surface area contributed by atoms with Crippen LogP contribution in [0.2, 0.25) is 10.0 Å². The summed E-state index contributed by atoms with van der Waals surface area (Å²) in [5.41, 5.74) is 2.57. The van der Waals surface area contributed by atoms with Crippen LogP contribution in [0.4, 0.5) is 5.69 Å². The molecule has 1 heterocycles. The van der Waals surface area contributed by atoms with Crippen LogP contribution < -0.4 is 10.6 Å². The van der Waals surface area contributed by atoms with E-state index in [0.29, 0.717) is 26.9 Å². The fourth-order valence-electron chi connectivity index (χ4n) is 3.34. The summed E-state index contributed by atoms with van der Waals surface area (Å²) in [6, 6.07) is 20.6. The molecule has 1 aliphatic heterocycles. The molecule has 6 nitrogen and oxygen atoms in total. The van der Waals surface area contributed by atoms with Crippen molar-refractivity contribution < 1.29 is 14.4 Å². The van der Waals surface area contributed by atoms with Crippen molar-refractivity contribution in [1.82, 2.24) is 10.2 Å². The molecule has 9 heteroatoms. The Bertz CT molecular complexity index is 1290. The number of hydrogen-bond acceptors (Lipinski definition) is 4. The first-order valence-electron chi connectivity index (χ1n) is 10.2. The second kappa shape index (κ2) is 10.3. The lowest BCUT2D eigenvalue weighted by molar-refractivity contribution is -0.138. The monoisotopic (exact) mass is 513 g/mol. The van der Waals surface area contributed by atoms with Crippen LogP contribution in [0.1, 0.15) is 21.5 Å². The van der Waals surface area contributed by atoms with Crippen LogP contribution in [0.3, 0.4) is 0 Å². The van der Waals surface area contributed by atoms with Crippen molar-refractivity contribution in [1.29, 1.82) is 0 Å². The van der Waals surface area contributed by atoms with Gasteiger partial charge < -0.3 is 10.6 Å². The second-order valence-corrected chi connectivity index (χ2v) is 8.71. The summed E-state index contributed by atoms with van der Waals surface area (Å²) >= 11 is 18.2. The number of benzene rings is 3. The highest BCUT2D eigenvalue weighted by atomic mass is 35.5. The number of rotatable bonds is 7. The average molecular weight is 515 g/mol. The van der Waals surface area contributed by atoms with E-state index in [4.69, 9.17) is 34.8 Å². The minimum Gasteiger partial charge on any atom is -0.375 e. The predicted octanol–water partition coefficient (Wildman–Crippen LogP) is 5.35. The van der Waals surface area contributed by atoms with Gasteiger partial charge in [0.2, 0.25) is 0 Å². The van der Waals surface area contributed by atoms with Gasteiger partial charge >= 0.3 is 0 Å². The maximum Gasteiger partial charge on any atom is 0.278 e. The second-order valence-electron chi connectivity index (χ2n) is 7.49. The molecule has 0 saturated carbocycles. The molecule has 1 aliphatic rings. The van der Waals surface area contributed by atoms with Gasteiger partial charge in [-0.3, -0.25) is 19.3 Å². The van der Waals surface area contributed by atoms with Gasteiger partial charge in [0, 0.05) is 27.8 Å². The lowest BCUT2D eigenvalue weighted by Gasteiger charge is -2.16. The molecule has 3 aromatic carbocycles. The molecule has 0 unspecified atom stereocenters. The molecule has 3 amide bonds. The molecular weight excluding hydrogens is 497 g/mol. The Morgan fingerprint density at radius 1 is 0.824 bits per heavy atom. The lowest BCUT2D eigenvalue weighted by Crippen LogP contribution is -2.33. The van der Waals surface area contributed by atoms with Crippen molar-refractivity contribution in [2.75, 3.05) is 5.32 Å². The summed E-state index contributed by atoms with van der Waals surface area (Å²) < 4.78 is 0. The Labute approximate surface area is 211 Å². The first-order chi connectivity index (χ1) is 16.3. The molecule has 172 valence electrons. The molecular formula is C25H18Cl3N3O3. The first kappa shape index (κ1) is 23.8. The molecule has 0 aliphatic carbocycles. The van der Waals surface area contributed by atoms with Crippen molar-refractivity contribution in [3.8, 4) is 0 Å². The van der Waals surface area contributed by atoms with Crippen LogP contribution in [0.5, 0.6) is 0 Å². The molecule has 34 heavy (non-hydrogen) atoms. The van der Waals surface area contributed by atoms with E-state index in [0.717, 1.165) is 10.5 Å². The fourth-order valence-corrected chi connectivity index (χ4v) is 3.91. The Morgan fingerprint density at radius 2 is 1.50 bits per heavy atom. The minimum absolute atomic E-state index is 0.0240. The molecule has 0 bridgehead atoms. The quantitative estimate of drug-likeness (QED) is 0.416. The van der Waals surface area contributed by atoms with Gasteiger partial charge in [-0.1, -0.05) is 65.1 Å². The first-order valence-corrected chi connectivity index (χ1v) is 11.4. The summed E-state index contributed by atoms with van der Waals surface area (Å²) in [6.07, 6.45) is 0. The topological polar surface area (TPSA) is 78.5 Å². The van der Waals surface area contributed by atoms with Crippen LogP contribution in [0.15, 0.2) is 83.5 Å². The van der Waals surface area contributed by atoms with Crippen molar-refractivity contribution >= 4 is 58.2 Å². The Balaban J connectivity index is 1.37. The van der Waals surface area contributed by atoms with E-state index in [1.807, 2.05) is 0 Å². The number of imide groups is 1. The maximum atomic E-state index is 12.8. The van der Waals surface area contributed by atoms with Crippen molar-refractivity contribution in [2.24, 2.45) is 0 Å². The van der Waals surface area contributed by atoms with E-state index >= 15 is 0 Å². The highest BCUT2D eigenvalue weighted by Gasteiger charge is 2.37. The zero-order valence-corrected chi connectivity index (χ0v) is 19.9. The van der Waals surface area contributed by atoms with Gasteiger partial charge in [-0.15, -0.1) is 0 Å². The lowest BCUT2D eigenvalue weighted by atomic mass is 10.1. The third kappa shape index (κ3) is 5.25. The van der Waals surface area contributed by atoms with Crippen LogP contribution >= 0.6 is 34.8 Å². The molecule has 4 rings (SSSR count). The molecule has 0 atom stereocenters. The number of carbonyl (C=O) groups is 3. The van der Waals surface area contributed by atoms with Gasteiger partial charge in [0.25, 0.3) is 17.7 Å². The van der Waals surface area contributed by atoms with Gasteiger partial charge in [-0.05, 0) is 53.6 Å². The smallest absolute Gasteiger partial charge is 0.278 e. The van der Waals surface area contributed by atoms with Crippen molar-refractivity contribution in [2.45, 2.75) is 13.1 Å². The predicted molar refractivity (Wildman–Crippen MR) is 133 cm³/mol. The van der Waals surface area contributed by atoms with Gasteiger partial charge in [0.1, 0.15) is 10.7 Å². The van der Waals surface area contributed by atoms with Crippen molar-refractivity contribution in [3.05, 3.63) is 110 Å². The van der Waals surface area contributed by atoms with Gasteiger partial charge in [0.15, 0.2) is 0 Å². The zero-order valence-electron chi connectivity index (χ0n) is 17.6. The molecule has 2 N–H and O–H groups in total. The molecule has 0 spiro atoms. The van der Waals surface area contributed by atoms with Crippen LogP contribution in [-0.4, -0.2) is 22.6 Å². The normalized spacial score (nSPS) is 13.4. The maximum absolute atomic E-state index is 12.8. The highest BCUT2D eigenvalue weighted by molar-refractivity contribution is 6.47. The minimum atomic E-state index is -0.580. The van der Waals surface area contributed by atoms with E-state index in [1.165, 1.54) is 0 Å². The molecule has 0 saturated heterocycles. The summed E-state index contributed by atoms with van der Waals surface area (Å²) in [4.78, 5) is 38.8. The highest BCUT2D eigenvalue weighted by Crippen LogP contribution is 2.26. The third-order valence-corrected chi connectivity index (χ3v) is 6.16. The number of amides is 3. The van der Waals surface area contributed by atoms with E-state index in [-0.39, 0.29) is 29.7 Å². The number of halogens is 3. The van der Waals surface area contributed by atoms with E-state index in [1.54, 1.807) is 72.8 Å². The Kier molecular flexibility index (Phi) is 7.22. The number of hydrogen-bond donors (Lipinski definition) is 2. The summed E-state index contributed by atoms with van der Waals surface area (Å²) in [6.45, 7) is 0.264. The molecule has 0 radical (unpaired) electrons. The summed E-state index contributed by atoms with van der Waals surface area (Å²) in [5.74, 6) is -1.36. The van der Waals surface area contributed by atoms with E-state index in [9.17, 15) is 14.4 Å². The fraction of sp³-hybridized carbons (Fsp3) is 0.0800. The third-order valence-electron chi connectivity index (χ3n) is 5.19. The molecule has 0 aromatic heterocycles. The van der Waals surface area contributed by atoms with Gasteiger partial charge in [-0.25, -0.2) is 0 Å². The van der Waals surface area contributed by atoms with Crippen molar-refractivity contribution in [3.63, 3.8) is 0 Å². The number of nitrogens with zero attached hydrogens (tertiary/aromatic N) is 1. The van der Waals surface area contributed by atoms with E-state index in [2.05, 4.69) is 10.6 Å². The number of nitrogens with one attached hydrogen (secondary N) is 2. The van der Waals surface area contributed by atoms with Crippen LogP contribution in [-0.2, 0) is 22.7 Å². The van der Waals surface area contributed by atoms with E-state index < -0.39 is 11.8 Å². The SMILES string of the molecule is O=C(Nc1ccc(Cl)cc1)c1ccc(CNC2=C(Cl)C(=O)N(Cc3ccccc3Cl)C2=O)cc1.